The number of Topliss-reactive ketones (excluding diaryl/α,β-unsaturated/α-hetero) is 1. The molecule has 0 aromatic rings. The van der Waals surface area contributed by atoms with Crippen LogP contribution in [0.2, 0.25) is 0 Å². The minimum atomic E-state index is -1.88. The fourth-order valence-electron chi connectivity index (χ4n) is 4.39. The van der Waals surface area contributed by atoms with E-state index < -0.39 is 8.60 Å². The molecule has 0 amide bonds. The first kappa shape index (κ1) is 35.9. The molecule has 0 spiro atoms. The topological polar surface area (TPSA) is 81.6 Å². The fraction of sp³-hybridized carbons (Fsp3) is 0.966. The van der Waals surface area contributed by atoms with Crippen LogP contribution in [-0.4, -0.2) is 50.7 Å². The normalized spacial score (nSPS) is 13.2. The lowest BCUT2D eigenvalue weighted by Crippen LogP contribution is -2.79. The van der Waals surface area contributed by atoms with Crippen molar-refractivity contribution in [1.82, 2.24) is 0 Å². The number of hydrogen-bond acceptors (Lipinski definition) is 5. The molecule has 0 aliphatic heterocycles. The Balaban J connectivity index is 3.50. The second kappa shape index (κ2) is 29.5. The van der Waals surface area contributed by atoms with Gasteiger partial charge in [0.25, 0.3) is 0 Å². The number of quaternary nitrogens is 1. The lowest BCUT2D eigenvalue weighted by Gasteiger charge is -2.18. The number of carbonyl (C=O) groups is 1. The molecular weight excluding hydrogens is 473 g/mol. The number of carbonyl (C=O) groups excluding carboxylic acids is 1. The predicted octanol–water partition coefficient (Wildman–Crippen LogP) is 7.09. The van der Waals surface area contributed by atoms with E-state index in [2.05, 4.69) is 12.2 Å². The first-order valence-electron chi connectivity index (χ1n) is 15.2. The van der Waals surface area contributed by atoms with Crippen molar-refractivity contribution in [2.45, 2.75) is 136 Å². The van der Waals surface area contributed by atoms with Crippen LogP contribution in [0, 0.1) is 5.92 Å². The van der Waals surface area contributed by atoms with Crippen molar-refractivity contribution in [3.8, 4) is 0 Å². The molecule has 0 saturated carbocycles. The zero-order valence-corrected chi connectivity index (χ0v) is 25.0. The number of nitrogens with two attached hydrogens (primary N) is 1. The maximum atomic E-state index is 11.5. The second-order valence-corrected chi connectivity index (χ2v) is 11.4. The number of ketones is 1. The van der Waals surface area contributed by atoms with Gasteiger partial charge >= 0.3 is 8.60 Å². The van der Waals surface area contributed by atoms with Gasteiger partial charge in [-0.1, -0.05) is 110 Å². The molecule has 6 nitrogen and oxygen atoms in total. The summed E-state index contributed by atoms with van der Waals surface area (Å²) in [6.45, 7) is 6.83. The van der Waals surface area contributed by atoms with Gasteiger partial charge in [0.2, 0.25) is 0 Å². The van der Waals surface area contributed by atoms with Crippen LogP contribution >= 0.6 is 8.60 Å². The van der Waals surface area contributed by atoms with Gasteiger partial charge in [-0.15, -0.1) is 0 Å². The molecule has 0 bridgehead atoms. The molecule has 36 heavy (non-hydrogen) atoms. The van der Waals surface area contributed by atoms with E-state index in [-0.39, 0.29) is 11.7 Å². The Kier molecular flexibility index (Phi) is 29.4. The fourth-order valence-corrected chi connectivity index (χ4v) is 5.09. The highest BCUT2D eigenvalue weighted by atomic mass is 31.2. The van der Waals surface area contributed by atoms with Gasteiger partial charge in [-0.25, -0.2) is 0 Å². The first-order valence-corrected chi connectivity index (χ1v) is 16.3. The van der Waals surface area contributed by atoms with Gasteiger partial charge in [-0.3, -0.25) is 0 Å². The van der Waals surface area contributed by atoms with E-state index in [0.717, 1.165) is 26.0 Å². The Morgan fingerprint density at radius 1 is 0.722 bits per heavy atom. The Labute approximate surface area is 225 Å². The van der Waals surface area contributed by atoms with Crippen LogP contribution in [0.3, 0.4) is 0 Å². The minimum Gasteiger partial charge on any atom is -0.381 e. The van der Waals surface area contributed by atoms with E-state index in [1.54, 1.807) is 6.92 Å². The highest BCUT2D eigenvalue weighted by Gasteiger charge is 2.16. The van der Waals surface area contributed by atoms with Gasteiger partial charge in [0.05, 0.1) is 33.4 Å². The number of unbranched alkanes of at least 4 members (excludes halogenated alkanes) is 16. The van der Waals surface area contributed by atoms with Crippen molar-refractivity contribution in [3.05, 3.63) is 0 Å². The molecule has 7 heteroatoms. The zero-order chi connectivity index (χ0) is 26.5. The number of ether oxygens (including phenoxy) is 1. The molecule has 3 N–H and O–H groups in total. The summed E-state index contributed by atoms with van der Waals surface area (Å²) in [6.07, 6.45) is 24.5. The number of rotatable bonds is 30. The van der Waals surface area contributed by atoms with Gasteiger partial charge in [0.15, 0.2) is 0 Å². The molecule has 0 aromatic heterocycles. The third-order valence-electron chi connectivity index (χ3n) is 6.58. The van der Waals surface area contributed by atoms with Crippen LogP contribution in [0.25, 0.3) is 0 Å². The maximum absolute atomic E-state index is 11.5. The summed E-state index contributed by atoms with van der Waals surface area (Å²) in [7, 11) is 0.128. The molecule has 216 valence electrons. The van der Waals surface area contributed by atoms with Crippen molar-refractivity contribution in [3.63, 3.8) is 0 Å². The first-order chi connectivity index (χ1) is 17.6. The smallest absolute Gasteiger partial charge is 0.329 e. The summed E-state index contributed by atoms with van der Waals surface area (Å²) in [4.78, 5) is 21.4. The summed E-state index contributed by atoms with van der Waals surface area (Å²) < 4.78 is 16.5. The summed E-state index contributed by atoms with van der Waals surface area (Å²) in [5, 5.41) is 2.07. The van der Waals surface area contributed by atoms with E-state index >= 15 is 0 Å². The molecule has 2 atom stereocenters. The van der Waals surface area contributed by atoms with Crippen LogP contribution in [0.1, 0.15) is 136 Å². The van der Waals surface area contributed by atoms with Crippen molar-refractivity contribution in [1.29, 1.82) is 0 Å². The summed E-state index contributed by atoms with van der Waals surface area (Å²) >= 11 is 0. The van der Waals surface area contributed by atoms with E-state index in [4.69, 9.17) is 13.8 Å². The third kappa shape index (κ3) is 28.5. The van der Waals surface area contributed by atoms with Crippen molar-refractivity contribution < 1.29 is 28.8 Å². The van der Waals surface area contributed by atoms with E-state index in [1.165, 1.54) is 103 Å². The number of hydrogen-bond donors (Lipinski definition) is 2. The van der Waals surface area contributed by atoms with Gasteiger partial charge < -0.3 is 28.8 Å². The molecule has 0 radical (unpaired) electrons. The van der Waals surface area contributed by atoms with Gasteiger partial charge in [0.1, 0.15) is 5.78 Å². The van der Waals surface area contributed by atoms with E-state index in [1.807, 2.05) is 7.05 Å². The lowest BCUT2D eigenvalue weighted by molar-refractivity contribution is -0.627. The minimum absolute atomic E-state index is 0.0296. The van der Waals surface area contributed by atoms with Crippen LogP contribution in [0.15, 0.2) is 0 Å². The summed E-state index contributed by atoms with van der Waals surface area (Å²) in [5.74, 6) is 0.0877. The molecule has 0 saturated heterocycles. The van der Waals surface area contributed by atoms with Crippen molar-refractivity contribution >= 4 is 14.4 Å². The van der Waals surface area contributed by atoms with Gasteiger partial charge in [-0.2, -0.15) is 0 Å². The van der Waals surface area contributed by atoms with Gasteiger partial charge in [0, 0.05) is 25.4 Å². The highest BCUT2D eigenvalue weighted by Crippen LogP contribution is 2.33. The molecular formula is C29H61NO5P+. The lowest BCUT2D eigenvalue weighted by atomic mass is 10.0. The molecule has 0 rings (SSSR count). The highest BCUT2D eigenvalue weighted by molar-refractivity contribution is 7.40. The summed E-state index contributed by atoms with van der Waals surface area (Å²) in [5.41, 5.74) is 0. The standard InChI is InChI=1S/C29H60NO5P/c1-4-5-6-7-8-9-10-11-12-13-14-15-16-17-18-19-20-23-33-26-29(25-28(2)31)27-35-36(32)34-24-21-22-30-3/h29-30,32H,4-27H2,1-3H3/p+1. The molecule has 2 unspecified atom stereocenters. The van der Waals surface area contributed by atoms with Gasteiger partial charge in [-0.05, 0) is 13.3 Å². The Morgan fingerprint density at radius 3 is 1.69 bits per heavy atom. The SMILES string of the molecule is CCCCCCCCCCCCCCCCCCCOCC(COP(O)OCCC[NH2+]C)CC(C)=O. The summed E-state index contributed by atoms with van der Waals surface area (Å²) in [6, 6.07) is 0. The second-order valence-electron chi connectivity index (χ2n) is 10.4. The average molecular weight is 535 g/mol. The van der Waals surface area contributed by atoms with Crippen LogP contribution in [0.4, 0.5) is 0 Å². The van der Waals surface area contributed by atoms with E-state index in [0.29, 0.717) is 26.2 Å². The Hall–Kier alpha value is -0.100. The Bertz CT molecular complexity index is 455. The molecule has 0 heterocycles. The van der Waals surface area contributed by atoms with Crippen molar-refractivity contribution in [2.24, 2.45) is 5.92 Å². The van der Waals surface area contributed by atoms with Crippen LogP contribution < -0.4 is 5.32 Å². The molecule has 0 aliphatic carbocycles. The average Bonchev–Trinajstić information content (AvgIpc) is 2.86. The molecule has 0 aliphatic rings. The maximum Gasteiger partial charge on any atom is 0.329 e. The van der Waals surface area contributed by atoms with Crippen LogP contribution in [-0.2, 0) is 18.6 Å². The van der Waals surface area contributed by atoms with E-state index in [9.17, 15) is 9.69 Å². The monoisotopic (exact) mass is 534 g/mol. The Morgan fingerprint density at radius 2 is 1.22 bits per heavy atom. The third-order valence-corrected chi connectivity index (χ3v) is 7.35. The zero-order valence-electron chi connectivity index (χ0n) is 24.2. The largest absolute Gasteiger partial charge is 0.381 e. The quantitative estimate of drug-likeness (QED) is 0.0760. The van der Waals surface area contributed by atoms with Crippen LogP contribution in [0.5, 0.6) is 0 Å². The molecule has 0 fully saturated rings. The van der Waals surface area contributed by atoms with Crippen molar-refractivity contribution in [2.75, 3.05) is 40.0 Å². The molecule has 0 aromatic carbocycles. The predicted molar refractivity (Wildman–Crippen MR) is 152 cm³/mol.